The molecule has 0 amide bonds. The number of rotatable bonds is 8. The molecule has 17 heavy (non-hydrogen) atoms. The van der Waals surface area contributed by atoms with Crippen LogP contribution in [-0.2, 0) is 4.79 Å². The molecule has 1 heterocycles. The van der Waals surface area contributed by atoms with Crippen molar-refractivity contribution in [2.24, 2.45) is 5.92 Å². The number of hydrogen-bond acceptors (Lipinski definition) is 2. The van der Waals surface area contributed by atoms with Crippen molar-refractivity contribution in [3.05, 3.63) is 0 Å². The van der Waals surface area contributed by atoms with Gasteiger partial charge in [0.2, 0.25) is 0 Å². The fourth-order valence-electron chi connectivity index (χ4n) is 2.65. The molecule has 1 atom stereocenters. The predicted molar refractivity (Wildman–Crippen MR) is 73.2 cm³/mol. The maximum Gasteiger partial charge on any atom is 0.138 e. The van der Waals surface area contributed by atoms with E-state index in [0.717, 1.165) is 25.9 Å². The van der Waals surface area contributed by atoms with E-state index in [1.807, 2.05) is 0 Å². The summed E-state index contributed by atoms with van der Waals surface area (Å²) in [5.41, 5.74) is 0. The number of unbranched alkanes of at least 4 members (excludes halogenated alkanes) is 5. The van der Waals surface area contributed by atoms with Gasteiger partial charge in [-0.3, -0.25) is 4.79 Å². The van der Waals surface area contributed by atoms with Crippen molar-refractivity contribution in [2.75, 3.05) is 19.6 Å². The molecular weight excluding hydrogens is 210 g/mol. The summed E-state index contributed by atoms with van der Waals surface area (Å²) < 4.78 is 0. The minimum atomic E-state index is 0.323. The molecule has 2 nitrogen and oxygen atoms in total. The van der Waals surface area contributed by atoms with E-state index in [9.17, 15) is 4.79 Å². The molecule has 1 aliphatic rings. The highest BCUT2D eigenvalue weighted by atomic mass is 16.1. The van der Waals surface area contributed by atoms with Crippen molar-refractivity contribution in [3.63, 3.8) is 0 Å². The molecule has 0 aromatic rings. The van der Waals surface area contributed by atoms with E-state index < -0.39 is 0 Å². The van der Waals surface area contributed by atoms with Gasteiger partial charge in [-0.2, -0.15) is 0 Å². The summed E-state index contributed by atoms with van der Waals surface area (Å²) in [7, 11) is 0. The first-order chi connectivity index (χ1) is 8.27. The van der Waals surface area contributed by atoms with Gasteiger partial charge in [0, 0.05) is 25.4 Å². The van der Waals surface area contributed by atoms with Gasteiger partial charge < -0.3 is 4.90 Å². The van der Waals surface area contributed by atoms with Gasteiger partial charge in [0.1, 0.15) is 5.78 Å². The molecule has 0 radical (unpaired) electrons. The maximum atomic E-state index is 11.6. The molecule has 0 N–H and O–H groups in total. The smallest absolute Gasteiger partial charge is 0.138 e. The van der Waals surface area contributed by atoms with E-state index in [0.29, 0.717) is 11.7 Å². The van der Waals surface area contributed by atoms with Crippen molar-refractivity contribution in [1.82, 2.24) is 4.90 Å². The second-order valence-corrected chi connectivity index (χ2v) is 5.39. The van der Waals surface area contributed by atoms with Gasteiger partial charge in [-0.15, -0.1) is 0 Å². The summed E-state index contributed by atoms with van der Waals surface area (Å²) in [5, 5.41) is 0. The number of likely N-dealkylation sites (tertiary alicyclic amines) is 1. The summed E-state index contributed by atoms with van der Waals surface area (Å²) in [4.78, 5) is 14.1. The highest BCUT2D eigenvalue weighted by molar-refractivity contribution is 5.82. The Morgan fingerprint density at radius 3 is 2.53 bits per heavy atom. The van der Waals surface area contributed by atoms with Crippen molar-refractivity contribution in [1.29, 1.82) is 0 Å². The predicted octanol–water partition coefficient (Wildman–Crippen LogP) is 3.65. The van der Waals surface area contributed by atoms with E-state index in [4.69, 9.17) is 0 Å². The molecular formula is C15H29NO. The topological polar surface area (TPSA) is 20.3 Å². The molecule has 0 aromatic heterocycles. The standard InChI is InChI=1S/C15H29NO/c1-3-5-6-7-8-9-11-16-12-10-15(17)14(4-2)13-16/h14H,3-13H2,1-2H3. The number of carbonyl (C=O) groups excluding carboxylic acids is 1. The first-order valence-corrected chi connectivity index (χ1v) is 7.53. The van der Waals surface area contributed by atoms with Crippen molar-refractivity contribution in [2.45, 2.75) is 65.2 Å². The molecule has 1 aliphatic heterocycles. The second kappa shape index (κ2) is 8.68. The van der Waals surface area contributed by atoms with Crippen LogP contribution in [-0.4, -0.2) is 30.3 Å². The van der Waals surface area contributed by atoms with Gasteiger partial charge in [0.15, 0.2) is 0 Å². The highest BCUT2D eigenvalue weighted by Crippen LogP contribution is 2.16. The molecule has 1 fully saturated rings. The van der Waals surface area contributed by atoms with Crippen LogP contribution in [0.5, 0.6) is 0 Å². The lowest BCUT2D eigenvalue weighted by atomic mass is 9.94. The van der Waals surface area contributed by atoms with E-state index in [1.165, 1.54) is 45.1 Å². The van der Waals surface area contributed by atoms with Crippen molar-refractivity contribution in [3.8, 4) is 0 Å². The Hall–Kier alpha value is -0.370. The Bertz CT molecular complexity index is 215. The third-order valence-electron chi connectivity index (χ3n) is 3.93. The van der Waals surface area contributed by atoms with Crippen LogP contribution in [0, 0.1) is 5.92 Å². The lowest BCUT2D eigenvalue weighted by Gasteiger charge is -2.31. The Morgan fingerprint density at radius 2 is 1.82 bits per heavy atom. The number of carbonyl (C=O) groups is 1. The van der Waals surface area contributed by atoms with Crippen LogP contribution in [0.15, 0.2) is 0 Å². The quantitative estimate of drug-likeness (QED) is 0.603. The Morgan fingerprint density at radius 1 is 1.12 bits per heavy atom. The number of Topliss-reactive ketones (excluding diaryl/α,β-unsaturated/α-hetero) is 1. The average molecular weight is 239 g/mol. The fraction of sp³-hybridized carbons (Fsp3) is 0.933. The van der Waals surface area contributed by atoms with Gasteiger partial charge >= 0.3 is 0 Å². The summed E-state index contributed by atoms with van der Waals surface area (Å²) in [5.74, 6) is 0.815. The van der Waals surface area contributed by atoms with E-state index in [1.54, 1.807) is 0 Å². The molecule has 100 valence electrons. The summed E-state index contributed by atoms with van der Waals surface area (Å²) in [6.45, 7) is 7.62. The minimum Gasteiger partial charge on any atom is -0.302 e. The van der Waals surface area contributed by atoms with Gasteiger partial charge in [-0.05, 0) is 19.4 Å². The number of ketones is 1. The van der Waals surface area contributed by atoms with Crippen molar-refractivity contribution >= 4 is 5.78 Å². The number of hydrogen-bond donors (Lipinski definition) is 0. The average Bonchev–Trinajstić information content (AvgIpc) is 2.35. The number of nitrogens with zero attached hydrogens (tertiary/aromatic N) is 1. The molecule has 0 saturated carbocycles. The first-order valence-electron chi connectivity index (χ1n) is 7.53. The molecule has 2 heteroatoms. The first kappa shape index (κ1) is 14.7. The summed E-state index contributed by atoms with van der Waals surface area (Å²) in [6.07, 6.45) is 9.97. The second-order valence-electron chi connectivity index (χ2n) is 5.39. The number of piperidine rings is 1. The van der Waals surface area contributed by atoms with Crippen LogP contribution in [0.25, 0.3) is 0 Å². The van der Waals surface area contributed by atoms with E-state index >= 15 is 0 Å². The van der Waals surface area contributed by atoms with Gasteiger partial charge in [0.05, 0.1) is 0 Å². The summed E-state index contributed by atoms with van der Waals surface area (Å²) in [6, 6.07) is 0. The third-order valence-corrected chi connectivity index (χ3v) is 3.93. The molecule has 0 aliphatic carbocycles. The Labute approximate surface area is 107 Å². The largest absolute Gasteiger partial charge is 0.302 e. The van der Waals surface area contributed by atoms with Crippen LogP contribution in [0.3, 0.4) is 0 Å². The zero-order valence-corrected chi connectivity index (χ0v) is 11.7. The lowest BCUT2D eigenvalue weighted by Crippen LogP contribution is -2.40. The highest BCUT2D eigenvalue weighted by Gasteiger charge is 2.24. The molecule has 1 rings (SSSR count). The van der Waals surface area contributed by atoms with Crippen LogP contribution in [0.4, 0.5) is 0 Å². The van der Waals surface area contributed by atoms with Crippen LogP contribution in [0.1, 0.15) is 65.2 Å². The zero-order valence-electron chi connectivity index (χ0n) is 11.7. The SMILES string of the molecule is CCCCCCCCN1CCC(=O)C(CC)C1. The molecule has 0 aromatic carbocycles. The monoisotopic (exact) mass is 239 g/mol. The fourth-order valence-corrected chi connectivity index (χ4v) is 2.65. The van der Waals surface area contributed by atoms with E-state index in [2.05, 4.69) is 18.7 Å². The van der Waals surface area contributed by atoms with Gasteiger partial charge in [0.25, 0.3) is 0 Å². The maximum absolute atomic E-state index is 11.6. The van der Waals surface area contributed by atoms with Crippen LogP contribution >= 0.6 is 0 Å². The van der Waals surface area contributed by atoms with Crippen LogP contribution in [0.2, 0.25) is 0 Å². The molecule has 1 saturated heterocycles. The van der Waals surface area contributed by atoms with Gasteiger partial charge in [-0.25, -0.2) is 0 Å². The normalized spacial score (nSPS) is 22.0. The Balaban J connectivity index is 2.05. The Kier molecular flexibility index (Phi) is 7.50. The minimum absolute atomic E-state index is 0.323. The van der Waals surface area contributed by atoms with Crippen molar-refractivity contribution < 1.29 is 4.79 Å². The lowest BCUT2D eigenvalue weighted by molar-refractivity contribution is -0.126. The third kappa shape index (κ3) is 5.67. The molecule has 1 unspecified atom stereocenters. The molecule has 0 bridgehead atoms. The van der Waals surface area contributed by atoms with Gasteiger partial charge in [-0.1, -0.05) is 46.0 Å². The van der Waals surface area contributed by atoms with Crippen LogP contribution < -0.4 is 0 Å². The molecule has 0 spiro atoms. The zero-order chi connectivity index (χ0) is 12.5. The summed E-state index contributed by atoms with van der Waals surface area (Å²) >= 11 is 0. The van der Waals surface area contributed by atoms with E-state index in [-0.39, 0.29) is 0 Å².